The number of ether oxygens (including phenoxy) is 1. The Hall–Kier alpha value is -2.07. The van der Waals surface area contributed by atoms with Crippen LogP contribution in [0, 0.1) is 0 Å². The van der Waals surface area contributed by atoms with E-state index in [9.17, 15) is 4.79 Å². The topological polar surface area (TPSA) is 42.1 Å². The molecule has 2 heterocycles. The van der Waals surface area contributed by atoms with Gasteiger partial charge < -0.3 is 9.72 Å². The highest BCUT2D eigenvalue weighted by molar-refractivity contribution is 7.17. The molecule has 0 amide bonds. The number of fused-ring (bicyclic) bond motifs is 1. The minimum Gasteiger partial charge on any atom is -0.461 e. The first kappa shape index (κ1) is 15.8. The van der Waals surface area contributed by atoms with Crippen molar-refractivity contribution < 1.29 is 9.53 Å². The quantitative estimate of drug-likeness (QED) is 0.657. The molecule has 1 N–H and O–H groups in total. The maximum Gasteiger partial charge on any atom is 0.354 e. The lowest BCUT2D eigenvalue weighted by atomic mass is 9.86. The summed E-state index contributed by atoms with van der Waals surface area (Å²) in [5.41, 5.74) is 5.25. The van der Waals surface area contributed by atoms with E-state index in [2.05, 4.69) is 55.4 Å². The van der Waals surface area contributed by atoms with Gasteiger partial charge in [-0.3, -0.25) is 0 Å². The first-order valence-corrected chi connectivity index (χ1v) is 8.66. The number of H-pyrrole nitrogens is 1. The molecular weight excluding hydrogens is 306 g/mol. The van der Waals surface area contributed by atoms with Crippen molar-refractivity contribution in [3.05, 3.63) is 47.0 Å². The summed E-state index contributed by atoms with van der Waals surface area (Å²) in [6.07, 6.45) is 0. The molecule has 0 aliphatic heterocycles. The molecule has 1 aromatic carbocycles. The molecule has 23 heavy (non-hydrogen) atoms. The van der Waals surface area contributed by atoms with Crippen LogP contribution in [0.15, 0.2) is 35.7 Å². The van der Waals surface area contributed by atoms with Crippen molar-refractivity contribution in [3.8, 4) is 11.1 Å². The fourth-order valence-electron chi connectivity index (χ4n) is 2.59. The number of carbonyl (C=O) groups is 1. The van der Waals surface area contributed by atoms with Crippen molar-refractivity contribution in [1.29, 1.82) is 0 Å². The standard InChI is InChI=1S/C19H21NO2S/c1-5-22-18(21)15-10-16-17(20-15)14(11-23-16)12-6-8-13(9-7-12)19(2,3)4/h6-11,20H,5H2,1-4H3. The Morgan fingerprint density at radius 3 is 2.52 bits per heavy atom. The first-order chi connectivity index (χ1) is 10.9. The van der Waals surface area contributed by atoms with Crippen molar-refractivity contribution in [2.24, 2.45) is 0 Å². The smallest absolute Gasteiger partial charge is 0.354 e. The van der Waals surface area contributed by atoms with Gasteiger partial charge in [-0.05, 0) is 29.5 Å². The number of rotatable bonds is 3. The maximum absolute atomic E-state index is 11.9. The fraction of sp³-hybridized carbons (Fsp3) is 0.316. The second-order valence-corrected chi connectivity index (χ2v) is 7.53. The van der Waals surface area contributed by atoms with Crippen LogP contribution in [0.25, 0.3) is 21.3 Å². The van der Waals surface area contributed by atoms with E-state index in [0.717, 1.165) is 21.3 Å². The number of esters is 1. The van der Waals surface area contributed by atoms with Crippen LogP contribution in [-0.2, 0) is 10.2 Å². The molecule has 0 unspecified atom stereocenters. The molecule has 0 aliphatic carbocycles. The zero-order valence-electron chi connectivity index (χ0n) is 13.9. The molecule has 0 saturated carbocycles. The van der Waals surface area contributed by atoms with E-state index in [1.165, 1.54) is 5.56 Å². The van der Waals surface area contributed by atoms with E-state index in [1.54, 1.807) is 11.3 Å². The van der Waals surface area contributed by atoms with Crippen LogP contribution in [0.3, 0.4) is 0 Å². The molecule has 0 spiro atoms. The fourth-order valence-corrected chi connectivity index (χ4v) is 3.55. The third-order valence-corrected chi connectivity index (χ3v) is 4.84. The first-order valence-electron chi connectivity index (χ1n) is 7.78. The van der Waals surface area contributed by atoms with E-state index in [-0.39, 0.29) is 11.4 Å². The van der Waals surface area contributed by atoms with Crippen LogP contribution in [0.4, 0.5) is 0 Å². The monoisotopic (exact) mass is 327 g/mol. The second kappa shape index (κ2) is 5.85. The van der Waals surface area contributed by atoms with E-state index in [4.69, 9.17) is 4.74 Å². The molecule has 0 saturated heterocycles. The molecule has 0 fully saturated rings. The molecule has 3 nitrogen and oxygen atoms in total. The van der Waals surface area contributed by atoms with Gasteiger partial charge in [-0.2, -0.15) is 0 Å². The van der Waals surface area contributed by atoms with Gasteiger partial charge in [0.25, 0.3) is 0 Å². The van der Waals surface area contributed by atoms with Crippen molar-refractivity contribution in [1.82, 2.24) is 4.98 Å². The Labute approximate surface area is 140 Å². The highest BCUT2D eigenvalue weighted by Gasteiger charge is 2.16. The van der Waals surface area contributed by atoms with Gasteiger partial charge in [-0.1, -0.05) is 45.0 Å². The van der Waals surface area contributed by atoms with Gasteiger partial charge in [0.15, 0.2) is 0 Å². The summed E-state index contributed by atoms with van der Waals surface area (Å²) in [6, 6.07) is 10.5. The predicted molar refractivity (Wildman–Crippen MR) is 96.3 cm³/mol. The molecule has 3 rings (SSSR count). The van der Waals surface area contributed by atoms with Crippen LogP contribution in [0.1, 0.15) is 43.7 Å². The summed E-state index contributed by atoms with van der Waals surface area (Å²) in [5.74, 6) is -0.301. The minimum atomic E-state index is -0.301. The Balaban J connectivity index is 1.98. The highest BCUT2D eigenvalue weighted by atomic mass is 32.1. The average molecular weight is 327 g/mol. The minimum absolute atomic E-state index is 0.145. The zero-order chi connectivity index (χ0) is 16.6. The summed E-state index contributed by atoms with van der Waals surface area (Å²) in [4.78, 5) is 15.1. The predicted octanol–water partition coefficient (Wildman–Crippen LogP) is 5.37. The number of thiophene rings is 1. The van der Waals surface area contributed by atoms with Crippen molar-refractivity contribution in [3.63, 3.8) is 0 Å². The van der Waals surface area contributed by atoms with Gasteiger partial charge in [-0.25, -0.2) is 4.79 Å². The molecule has 2 aromatic heterocycles. The third kappa shape index (κ3) is 3.04. The van der Waals surface area contributed by atoms with Crippen LogP contribution < -0.4 is 0 Å². The van der Waals surface area contributed by atoms with E-state index < -0.39 is 0 Å². The number of hydrogen-bond donors (Lipinski definition) is 1. The van der Waals surface area contributed by atoms with Crippen LogP contribution >= 0.6 is 11.3 Å². The molecule has 0 bridgehead atoms. The lowest BCUT2D eigenvalue weighted by molar-refractivity contribution is 0.0520. The summed E-state index contributed by atoms with van der Waals surface area (Å²) in [6.45, 7) is 8.82. The van der Waals surface area contributed by atoms with Gasteiger partial charge in [0.05, 0.1) is 16.8 Å². The Kier molecular flexibility index (Phi) is 4.02. The number of aromatic nitrogens is 1. The number of carbonyl (C=O) groups excluding carboxylic acids is 1. The Morgan fingerprint density at radius 2 is 1.91 bits per heavy atom. The van der Waals surface area contributed by atoms with Crippen LogP contribution in [0.2, 0.25) is 0 Å². The largest absolute Gasteiger partial charge is 0.461 e. The lowest BCUT2D eigenvalue weighted by Gasteiger charge is -2.19. The summed E-state index contributed by atoms with van der Waals surface area (Å²) in [5, 5.41) is 2.13. The number of hydrogen-bond acceptors (Lipinski definition) is 3. The van der Waals surface area contributed by atoms with Gasteiger partial charge in [0.2, 0.25) is 0 Å². The summed E-state index contributed by atoms with van der Waals surface area (Å²) < 4.78 is 6.13. The lowest BCUT2D eigenvalue weighted by Crippen LogP contribution is -2.10. The van der Waals surface area contributed by atoms with Gasteiger partial charge in [0, 0.05) is 10.9 Å². The van der Waals surface area contributed by atoms with E-state index in [1.807, 2.05) is 13.0 Å². The zero-order valence-corrected chi connectivity index (χ0v) is 14.7. The van der Waals surface area contributed by atoms with Crippen LogP contribution in [0.5, 0.6) is 0 Å². The Bertz CT molecular complexity index is 835. The molecule has 120 valence electrons. The number of benzene rings is 1. The van der Waals surface area contributed by atoms with E-state index in [0.29, 0.717) is 12.3 Å². The summed E-state index contributed by atoms with van der Waals surface area (Å²) >= 11 is 1.64. The van der Waals surface area contributed by atoms with Gasteiger partial charge in [0.1, 0.15) is 5.69 Å². The van der Waals surface area contributed by atoms with Gasteiger partial charge in [-0.15, -0.1) is 11.3 Å². The normalized spacial score (nSPS) is 11.8. The average Bonchev–Trinajstić information content (AvgIpc) is 3.06. The van der Waals surface area contributed by atoms with E-state index >= 15 is 0 Å². The second-order valence-electron chi connectivity index (χ2n) is 6.62. The van der Waals surface area contributed by atoms with Crippen molar-refractivity contribution in [2.75, 3.05) is 6.61 Å². The number of nitrogens with one attached hydrogen (secondary N) is 1. The molecule has 4 heteroatoms. The van der Waals surface area contributed by atoms with Crippen molar-refractivity contribution >= 4 is 27.5 Å². The highest BCUT2D eigenvalue weighted by Crippen LogP contribution is 2.35. The maximum atomic E-state index is 11.9. The molecule has 3 aromatic rings. The number of aromatic amines is 1. The molecule has 0 atom stereocenters. The SMILES string of the molecule is CCOC(=O)c1cc2scc(-c3ccc(C(C)(C)C)cc3)c2[nH]1. The third-order valence-electron chi connectivity index (χ3n) is 3.91. The van der Waals surface area contributed by atoms with Gasteiger partial charge >= 0.3 is 5.97 Å². The van der Waals surface area contributed by atoms with Crippen LogP contribution in [-0.4, -0.2) is 17.6 Å². The summed E-state index contributed by atoms with van der Waals surface area (Å²) in [7, 11) is 0. The molecule has 0 radical (unpaired) electrons. The molecular formula is C19H21NO2S. The van der Waals surface area contributed by atoms with Crippen molar-refractivity contribution in [2.45, 2.75) is 33.1 Å². The molecule has 0 aliphatic rings. The Morgan fingerprint density at radius 1 is 1.22 bits per heavy atom.